The molecule has 2 aromatic carbocycles. The number of rotatable bonds is 3. The van der Waals surface area contributed by atoms with Crippen LogP contribution < -0.4 is 11.1 Å². The van der Waals surface area contributed by atoms with Gasteiger partial charge in [0.15, 0.2) is 0 Å². The van der Waals surface area contributed by atoms with Crippen molar-refractivity contribution in [2.75, 3.05) is 12.3 Å². The normalized spacial score (nSPS) is 16.3. The molecule has 1 aliphatic carbocycles. The van der Waals surface area contributed by atoms with Crippen LogP contribution in [0.2, 0.25) is 0 Å². The molecule has 3 rings (SSSR count). The molecule has 116 valence electrons. The van der Waals surface area contributed by atoms with Gasteiger partial charge in [-0.3, -0.25) is 4.79 Å². The molecule has 0 saturated carbocycles. The van der Waals surface area contributed by atoms with Crippen LogP contribution in [-0.2, 0) is 6.42 Å². The lowest BCUT2D eigenvalue weighted by Gasteiger charge is -2.25. The largest absolute Gasteiger partial charge is 0.398 e. The third-order valence-corrected chi connectivity index (χ3v) is 4.21. The Morgan fingerprint density at radius 1 is 1.14 bits per heavy atom. The van der Waals surface area contributed by atoms with Crippen LogP contribution in [0.25, 0.3) is 0 Å². The van der Waals surface area contributed by atoms with Crippen LogP contribution in [0.3, 0.4) is 0 Å². The topological polar surface area (TPSA) is 55.1 Å². The SMILES string of the molecule is Cl.Nc1ccccc1C(=O)NCC1CCCc2ccccc21. The quantitative estimate of drug-likeness (QED) is 0.851. The molecular weight excluding hydrogens is 296 g/mol. The summed E-state index contributed by atoms with van der Waals surface area (Å²) in [6.45, 7) is 0.671. The van der Waals surface area contributed by atoms with Gasteiger partial charge in [-0.05, 0) is 42.5 Å². The molecule has 4 heteroatoms. The van der Waals surface area contributed by atoms with Crippen molar-refractivity contribution >= 4 is 24.0 Å². The van der Waals surface area contributed by atoms with E-state index < -0.39 is 0 Å². The van der Waals surface area contributed by atoms with Gasteiger partial charge in [-0.25, -0.2) is 0 Å². The Labute approximate surface area is 137 Å². The molecule has 0 spiro atoms. The molecule has 3 N–H and O–H groups in total. The predicted molar refractivity (Wildman–Crippen MR) is 92.6 cm³/mol. The minimum atomic E-state index is -0.0869. The fourth-order valence-electron chi connectivity index (χ4n) is 3.08. The molecule has 0 aliphatic heterocycles. The fourth-order valence-corrected chi connectivity index (χ4v) is 3.08. The van der Waals surface area contributed by atoms with Crippen molar-refractivity contribution < 1.29 is 4.79 Å². The smallest absolute Gasteiger partial charge is 0.253 e. The lowest BCUT2D eigenvalue weighted by Crippen LogP contribution is -2.30. The number of nitrogens with two attached hydrogens (primary N) is 1. The summed E-state index contributed by atoms with van der Waals surface area (Å²) < 4.78 is 0. The van der Waals surface area contributed by atoms with Crippen molar-refractivity contribution in [3.05, 3.63) is 65.2 Å². The summed E-state index contributed by atoms with van der Waals surface area (Å²) in [4.78, 5) is 12.2. The zero-order chi connectivity index (χ0) is 14.7. The number of hydrogen-bond acceptors (Lipinski definition) is 2. The van der Waals surface area contributed by atoms with Crippen LogP contribution in [-0.4, -0.2) is 12.5 Å². The van der Waals surface area contributed by atoms with Crippen molar-refractivity contribution in [3.8, 4) is 0 Å². The van der Waals surface area contributed by atoms with Crippen LogP contribution in [0.5, 0.6) is 0 Å². The molecule has 0 bridgehead atoms. The Hall–Kier alpha value is -2.00. The van der Waals surface area contributed by atoms with Gasteiger partial charge in [0.2, 0.25) is 0 Å². The van der Waals surface area contributed by atoms with Gasteiger partial charge in [-0.15, -0.1) is 12.4 Å². The predicted octanol–water partition coefficient (Wildman–Crippen LogP) is 3.54. The van der Waals surface area contributed by atoms with Gasteiger partial charge < -0.3 is 11.1 Å². The minimum absolute atomic E-state index is 0. The van der Waals surface area contributed by atoms with E-state index in [1.165, 1.54) is 17.5 Å². The summed E-state index contributed by atoms with van der Waals surface area (Å²) in [6, 6.07) is 15.7. The van der Waals surface area contributed by atoms with Gasteiger partial charge in [0.05, 0.1) is 5.56 Å². The van der Waals surface area contributed by atoms with Crippen molar-refractivity contribution in [1.29, 1.82) is 0 Å². The molecule has 0 heterocycles. The van der Waals surface area contributed by atoms with Crippen LogP contribution in [0.4, 0.5) is 5.69 Å². The first-order chi connectivity index (χ1) is 10.3. The molecule has 0 aromatic heterocycles. The van der Waals surface area contributed by atoms with E-state index in [0.717, 1.165) is 12.8 Å². The molecule has 1 unspecified atom stereocenters. The number of para-hydroxylation sites is 1. The Morgan fingerprint density at radius 3 is 2.68 bits per heavy atom. The monoisotopic (exact) mass is 316 g/mol. The number of nitrogen functional groups attached to an aromatic ring is 1. The molecule has 1 atom stereocenters. The number of hydrogen-bond donors (Lipinski definition) is 2. The number of fused-ring (bicyclic) bond motifs is 1. The Balaban J connectivity index is 0.00000176. The number of nitrogens with one attached hydrogen (secondary N) is 1. The van der Waals surface area contributed by atoms with E-state index in [1.807, 2.05) is 12.1 Å². The lowest BCUT2D eigenvalue weighted by atomic mass is 9.83. The van der Waals surface area contributed by atoms with Crippen molar-refractivity contribution in [2.24, 2.45) is 0 Å². The van der Waals surface area contributed by atoms with E-state index in [0.29, 0.717) is 23.7 Å². The van der Waals surface area contributed by atoms with Gasteiger partial charge in [0.25, 0.3) is 5.91 Å². The molecule has 2 aromatic rings. The summed E-state index contributed by atoms with van der Waals surface area (Å²) >= 11 is 0. The number of carbonyl (C=O) groups excluding carboxylic acids is 1. The first-order valence-electron chi connectivity index (χ1n) is 7.46. The van der Waals surface area contributed by atoms with E-state index >= 15 is 0 Å². The van der Waals surface area contributed by atoms with Gasteiger partial charge in [0, 0.05) is 18.2 Å². The molecule has 1 amide bonds. The summed E-state index contributed by atoms with van der Waals surface area (Å²) in [5.41, 5.74) is 9.73. The van der Waals surface area contributed by atoms with E-state index in [4.69, 9.17) is 5.73 Å². The van der Waals surface area contributed by atoms with Gasteiger partial charge in [-0.1, -0.05) is 36.4 Å². The molecule has 0 saturated heterocycles. The molecule has 3 nitrogen and oxygen atoms in total. The number of aryl methyl sites for hydroxylation is 1. The maximum atomic E-state index is 12.2. The maximum Gasteiger partial charge on any atom is 0.253 e. The second kappa shape index (κ2) is 7.32. The highest BCUT2D eigenvalue weighted by atomic mass is 35.5. The van der Waals surface area contributed by atoms with Crippen LogP contribution >= 0.6 is 12.4 Å². The average molecular weight is 317 g/mol. The zero-order valence-corrected chi connectivity index (χ0v) is 13.2. The van der Waals surface area contributed by atoms with E-state index in [-0.39, 0.29) is 18.3 Å². The Kier molecular flexibility index (Phi) is 5.45. The van der Waals surface area contributed by atoms with Crippen LogP contribution in [0, 0.1) is 0 Å². The molecule has 22 heavy (non-hydrogen) atoms. The highest BCUT2D eigenvalue weighted by Gasteiger charge is 2.20. The van der Waals surface area contributed by atoms with E-state index in [1.54, 1.807) is 12.1 Å². The standard InChI is InChI=1S/C18H20N2O.ClH/c19-17-11-4-3-10-16(17)18(21)20-12-14-8-5-7-13-6-1-2-9-15(13)14;/h1-4,6,9-11,14H,5,7-8,12,19H2,(H,20,21);1H. The number of carbonyl (C=O) groups is 1. The van der Waals surface area contributed by atoms with Crippen LogP contribution in [0.1, 0.15) is 40.2 Å². The first-order valence-corrected chi connectivity index (χ1v) is 7.46. The summed E-state index contributed by atoms with van der Waals surface area (Å²) in [7, 11) is 0. The third kappa shape index (κ3) is 3.42. The molecular formula is C18H21ClN2O. The number of benzene rings is 2. The van der Waals surface area contributed by atoms with Crippen LogP contribution in [0.15, 0.2) is 48.5 Å². The zero-order valence-electron chi connectivity index (χ0n) is 12.4. The van der Waals surface area contributed by atoms with Crippen molar-refractivity contribution in [2.45, 2.75) is 25.2 Å². The highest BCUT2D eigenvalue weighted by molar-refractivity contribution is 5.99. The van der Waals surface area contributed by atoms with E-state index in [9.17, 15) is 4.79 Å². The summed E-state index contributed by atoms with van der Waals surface area (Å²) in [6.07, 6.45) is 3.46. The minimum Gasteiger partial charge on any atom is -0.398 e. The summed E-state index contributed by atoms with van der Waals surface area (Å²) in [5.74, 6) is 0.319. The Bertz CT molecular complexity index is 657. The van der Waals surface area contributed by atoms with Gasteiger partial charge in [-0.2, -0.15) is 0 Å². The van der Waals surface area contributed by atoms with Crippen molar-refractivity contribution in [1.82, 2.24) is 5.32 Å². The molecule has 0 fully saturated rings. The van der Waals surface area contributed by atoms with Crippen molar-refractivity contribution in [3.63, 3.8) is 0 Å². The average Bonchev–Trinajstić information content (AvgIpc) is 2.53. The second-order valence-corrected chi connectivity index (χ2v) is 5.59. The number of anilines is 1. The Morgan fingerprint density at radius 2 is 1.86 bits per heavy atom. The second-order valence-electron chi connectivity index (χ2n) is 5.59. The molecule has 1 aliphatic rings. The third-order valence-electron chi connectivity index (χ3n) is 4.21. The highest BCUT2D eigenvalue weighted by Crippen LogP contribution is 2.30. The van der Waals surface area contributed by atoms with E-state index in [2.05, 4.69) is 29.6 Å². The summed E-state index contributed by atoms with van der Waals surface area (Å²) in [5, 5.41) is 3.03. The van der Waals surface area contributed by atoms with Gasteiger partial charge in [0.1, 0.15) is 0 Å². The first kappa shape index (κ1) is 16.4. The van der Waals surface area contributed by atoms with Gasteiger partial charge >= 0.3 is 0 Å². The number of halogens is 1. The molecule has 0 radical (unpaired) electrons. The lowest BCUT2D eigenvalue weighted by molar-refractivity contribution is 0.0951. The fraction of sp³-hybridized carbons (Fsp3) is 0.278. The number of amides is 1. The maximum absolute atomic E-state index is 12.2.